The van der Waals surface area contributed by atoms with Crippen LogP contribution >= 0.6 is 34.8 Å². The van der Waals surface area contributed by atoms with Gasteiger partial charge in [-0.25, -0.2) is 0 Å². The number of hydrogen-bond acceptors (Lipinski definition) is 3. The molecule has 1 aromatic rings. The maximum Gasteiger partial charge on any atom is 0.252 e. The third kappa shape index (κ3) is 5.24. The fraction of sp³-hybridized carbons (Fsp3) is 0.588. The monoisotopic (exact) mass is 392 g/mol. The number of nitrogens with one attached hydrogen (secondary N) is 1. The Morgan fingerprint density at radius 2 is 1.67 bits per heavy atom. The van der Waals surface area contributed by atoms with Gasteiger partial charge in [-0.05, 0) is 23.1 Å². The molecule has 1 fully saturated rings. The second-order valence-corrected chi connectivity index (χ2v) is 9.26. The summed E-state index contributed by atoms with van der Waals surface area (Å²) in [4.78, 5) is 14.5. The zero-order valence-electron chi connectivity index (χ0n) is 14.1. The van der Waals surface area contributed by atoms with Crippen LogP contribution in [0.2, 0.25) is 0 Å². The molecule has 1 aromatic carbocycles. The van der Waals surface area contributed by atoms with Crippen LogP contribution in [0.25, 0.3) is 0 Å². The van der Waals surface area contributed by atoms with Crippen LogP contribution in [0.4, 0.5) is 0 Å². The number of rotatable bonds is 3. The van der Waals surface area contributed by atoms with Crippen LogP contribution in [0.15, 0.2) is 24.3 Å². The first-order chi connectivity index (χ1) is 11.1. The lowest BCUT2D eigenvalue weighted by Crippen LogP contribution is -2.58. The molecule has 134 valence electrons. The largest absolute Gasteiger partial charge is 0.379 e. The van der Waals surface area contributed by atoms with Crippen LogP contribution in [-0.4, -0.2) is 47.1 Å². The normalized spacial score (nSPS) is 18.2. The first-order valence-electron chi connectivity index (χ1n) is 7.89. The molecule has 1 aliphatic rings. The van der Waals surface area contributed by atoms with Crippen LogP contribution < -0.4 is 5.32 Å². The highest BCUT2D eigenvalue weighted by Crippen LogP contribution is 2.32. The summed E-state index contributed by atoms with van der Waals surface area (Å²) < 4.78 is 3.69. The average molecular weight is 394 g/mol. The topological polar surface area (TPSA) is 41.6 Å². The molecule has 0 bridgehead atoms. The molecule has 4 nitrogen and oxygen atoms in total. The second kappa shape index (κ2) is 7.79. The van der Waals surface area contributed by atoms with Gasteiger partial charge in [-0.2, -0.15) is 0 Å². The van der Waals surface area contributed by atoms with Gasteiger partial charge in [-0.15, -0.1) is 0 Å². The van der Waals surface area contributed by atoms with Crippen molar-refractivity contribution in [3.63, 3.8) is 0 Å². The average Bonchev–Trinajstić information content (AvgIpc) is 2.51. The Balaban J connectivity index is 2.12. The molecule has 1 amide bonds. The van der Waals surface area contributed by atoms with Gasteiger partial charge in [0.05, 0.1) is 13.2 Å². The number of amides is 1. The van der Waals surface area contributed by atoms with E-state index in [1.165, 1.54) is 0 Å². The van der Waals surface area contributed by atoms with E-state index in [9.17, 15) is 4.79 Å². The van der Waals surface area contributed by atoms with E-state index in [4.69, 9.17) is 39.5 Å². The summed E-state index contributed by atoms with van der Waals surface area (Å²) in [7, 11) is 0. The van der Waals surface area contributed by atoms with Crippen molar-refractivity contribution in [3.8, 4) is 0 Å². The van der Waals surface area contributed by atoms with Crippen molar-refractivity contribution >= 4 is 40.7 Å². The first kappa shape index (κ1) is 19.8. The summed E-state index contributed by atoms with van der Waals surface area (Å²) in [5, 5.41) is 2.84. The van der Waals surface area contributed by atoms with Gasteiger partial charge >= 0.3 is 0 Å². The summed E-state index contributed by atoms with van der Waals surface area (Å²) >= 11 is 18.2. The Labute approximate surface area is 158 Å². The maximum atomic E-state index is 12.6. The molecule has 1 unspecified atom stereocenters. The van der Waals surface area contributed by atoms with Crippen LogP contribution in [0.1, 0.15) is 36.7 Å². The smallest absolute Gasteiger partial charge is 0.252 e. The van der Waals surface area contributed by atoms with Crippen LogP contribution in [0.5, 0.6) is 0 Å². The summed E-state index contributed by atoms with van der Waals surface area (Å²) in [6.45, 7) is 8.67. The number of ether oxygens (including phenoxy) is 1. The van der Waals surface area contributed by atoms with E-state index < -0.39 is 9.96 Å². The number of hydrogen-bond donors (Lipinski definition) is 1. The summed E-state index contributed by atoms with van der Waals surface area (Å²) in [6.07, 6.45) is -0.707. The third-order valence-corrected chi connectivity index (χ3v) is 4.62. The van der Waals surface area contributed by atoms with E-state index in [1.807, 2.05) is 17.0 Å². The van der Waals surface area contributed by atoms with E-state index in [-0.39, 0.29) is 11.3 Å². The molecule has 1 N–H and O–H groups in total. The van der Waals surface area contributed by atoms with Crippen molar-refractivity contribution in [3.05, 3.63) is 35.4 Å². The molecule has 2 rings (SSSR count). The lowest BCUT2D eigenvalue weighted by molar-refractivity contribution is 0.00996. The van der Waals surface area contributed by atoms with Crippen molar-refractivity contribution in [2.24, 2.45) is 0 Å². The summed E-state index contributed by atoms with van der Waals surface area (Å²) in [6, 6.07) is 7.50. The summed E-state index contributed by atoms with van der Waals surface area (Å²) in [5.41, 5.74) is 1.73. The fourth-order valence-corrected chi connectivity index (χ4v) is 3.12. The molecule has 0 spiro atoms. The van der Waals surface area contributed by atoms with Crippen LogP contribution in [-0.2, 0) is 10.2 Å². The zero-order chi connectivity index (χ0) is 18.0. The Kier molecular flexibility index (Phi) is 6.43. The van der Waals surface area contributed by atoms with Gasteiger partial charge in [0.15, 0.2) is 0 Å². The highest BCUT2D eigenvalue weighted by Gasteiger charge is 2.39. The molecule has 0 aromatic heterocycles. The zero-order valence-corrected chi connectivity index (χ0v) is 16.4. The number of benzene rings is 1. The van der Waals surface area contributed by atoms with E-state index in [0.29, 0.717) is 31.9 Å². The maximum absolute atomic E-state index is 12.6. The molecule has 7 heteroatoms. The fourth-order valence-electron chi connectivity index (χ4n) is 2.54. The molecule has 1 atom stereocenters. The Morgan fingerprint density at radius 1 is 1.12 bits per heavy atom. The van der Waals surface area contributed by atoms with E-state index in [0.717, 1.165) is 5.56 Å². The highest BCUT2D eigenvalue weighted by molar-refractivity contribution is 6.68. The van der Waals surface area contributed by atoms with Gasteiger partial charge in [0, 0.05) is 18.7 Å². The quantitative estimate of drug-likeness (QED) is 0.795. The van der Waals surface area contributed by atoms with Crippen molar-refractivity contribution in [1.29, 1.82) is 0 Å². The number of carbonyl (C=O) groups excluding carboxylic acids is 1. The third-order valence-electron chi connectivity index (χ3n) is 4.00. The van der Waals surface area contributed by atoms with E-state index in [2.05, 4.69) is 26.1 Å². The molecule has 1 saturated heterocycles. The number of halogens is 3. The van der Waals surface area contributed by atoms with Crippen LogP contribution in [0, 0.1) is 0 Å². The van der Waals surface area contributed by atoms with Gasteiger partial charge in [-0.3, -0.25) is 9.69 Å². The Hall–Kier alpha value is -0.520. The predicted molar refractivity (Wildman–Crippen MR) is 99.1 cm³/mol. The standard InChI is InChI=1S/C17H23Cl3N2O2/c1-16(2,3)13-6-4-12(5-7-13)14(23)21-15(17(18,19)20)22-8-10-24-11-9-22/h4-7,15H,8-11H2,1-3H3,(H,21,23). The molecule has 0 radical (unpaired) electrons. The minimum Gasteiger partial charge on any atom is -0.379 e. The van der Waals surface area contributed by atoms with Gasteiger partial charge in [0.25, 0.3) is 5.91 Å². The SMILES string of the molecule is CC(C)(C)c1ccc(C(=O)NC(N2CCOCC2)C(Cl)(Cl)Cl)cc1. The minimum absolute atomic E-state index is 0.0307. The molecular formula is C17H23Cl3N2O2. The lowest BCUT2D eigenvalue weighted by atomic mass is 9.87. The Bertz CT molecular complexity index is 559. The molecule has 1 aliphatic heterocycles. The van der Waals surface area contributed by atoms with Gasteiger partial charge < -0.3 is 10.1 Å². The van der Waals surface area contributed by atoms with Gasteiger partial charge in [0.1, 0.15) is 6.17 Å². The van der Waals surface area contributed by atoms with Crippen molar-refractivity contribution in [1.82, 2.24) is 10.2 Å². The number of morpholine rings is 1. The molecular weight excluding hydrogens is 371 g/mol. The lowest BCUT2D eigenvalue weighted by Gasteiger charge is -2.38. The second-order valence-electron chi connectivity index (χ2n) is 6.89. The van der Waals surface area contributed by atoms with Crippen LogP contribution in [0.3, 0.4) is 0 Å². The predicted octanol–water partition coefficient (Wildman–Crippen LogP) is 3.74. The van der Waals surface area contributed by atoms with Crippen molar-refractivity contribution < 1.29 is 9.53 Å². The molecule has 24 heavy (non-hydrogen) atoms. The summed E-state index contributed by atoms with van der Waals surface area (Å²) in [5.74, 6) is -0.265. The minimum atomic E-state index is -1.63. The molecule has 0 aliphatic carbocycles. The van der Waals surface area contributed by atoms with Gasteiger partial charge in [0.2, 0.25) is 3.79 Å². The first-order valence-corrected chi connectivity index (χ1v) is 9.02. The number of nitrogens with zero attached hydrogens (tertiary/aromatic N) is 1. The molecule has 1 heterocycles. The Morgan fingerprint density at radius 3 is 2.12 bits per heavy atom. The van der Waals surface area contributed by atoms with E-state index >= 15 is 0 Å². The van der Waals surface area contributed by atoms with E-state index in [1.54, 1.807) is 12.1 Å². The van der Waals surface area contributed by atoms with Crippen molar-refractivity contribution in [2.75, 3.05) is 26.3 Å². The number of alkyl halides is 3. The highest BCUT2D eigenvalue weighted by atomic mass is 35.6. The van der Waals surface area contributed by atoms with Gasteiger partial charge in [-0.1, -0.05) is 67.7 Å². The molecule has 0 saturated carbocycles. The van der Waals surface area contributed by atoms with Crippen molar-refractivity contribution in [2.45, 2.75) is 36.1 Å². The number of carbonyl (C=O) groups is 1.